The van der Waals surface area contributed by atoms with Crippen molar-refractivity contribution in [3.8, 4) is 0 Å². The van der Waals surface area contributed by atoms with Crippen molar-refractivity contribution in [2.24, 2.45) is 5.41 Å². The average Bonchev–Trinajstić information content (AvgIpc) is 1.98. The van der Waals surface area contributed by atoms with Crippen LogP contribution < -0.4 is 0 Å². The number of hydrogen-bond donors (Lipinski definition) is 1. The summed E-state index contributed by atoms with van der Waals surface area (Å²) in [6, 6.07) is 0. The lowest BCUT2D eigenvalue weighted by Crippen LogP contribution is -2.12. The zero-order valence-corrected chi connectivity index (χ0v) is 8.13. The van der Waals surface area contributed by atoms with Gasteiger partial charge in [-0.25, -0.2) is 0 Å². The molecule has 0 aliphatic carbocycles. The fraction of sp³-hybridized carbons (Fsp3) is 0.700. The van der Waals surface area contributed by atoms with Gasteiger partial charge in [-0.15, -0.1) is 0 Å². The molecule has 0 aromatic rings. The molecule has 0 bridgehead atoms. The van der Waals surface area contributed by atoms with E-state index in [0.29, 0.717) is 0 Å². The van der Waals surface area contributed by atoms with E-state index in [1.54, 1.807) is 0 Å². The van der Waals surface area contributed by atoms with Crippen molar-refractivity contribution in [3.05, 3.63) is 12.2 Å². The van der Waals surface area contributed by atoms with E-state index in [4.69, 9.17) is 5.11 Å². The van der Waals surface area contributed by atoms with Gasteiger partial charge in [0.25, 0.3) is 0 Å². The van der Waals surface area contributed by atoms with E-state index < -0.39 is 5.97 Å². The molecule has 0 aliphatic rings. The second kappa shape index (κ2) is 4.96. The number of allylic oxidation sites excluding steroid dienone is 2. The van der Waals surface area contributed by atoms with Gasteiger partial charge < -0.3 is 5.11 Å². The minimum absolute atomic E-state index is 0.116. The Kier molecular flexibility index (Phi) is 4.64. The lowest BCUT2D eigenvalue weighted by molar-refractivity contribution is -0.137. The Morgan fingerprint density at radius 3 is 2.50 bits per heavy atom. The summed E-state index contributed by atoms with van der Waals surface area (Å²) in [4.78, 5) is 10.3. The molecule has 0 radical (unpaired) electrons. The van der Waals surface area contributed by atoms with Crippen LogP contribution in [0.15, 0.2) is 12.2 Å². The van der Waals surface area contributed by atoms with Gasteiger partial charge in [-0.1, -0.05) is 26.0 Å². The number of carbonyl (C=O) groups is 1. The second-order valence-corrected chi connectivity index (χ2v) is 3.83. The maximum absolute atomic E-state index is 10.3. The molecule has 0 heterocycles. The van der Waals surface area contributed by atoms with E-state index >= 15 is 0 Å². The van der Waals surface area contributed by atoms with Crippen LogP contribution in [0.4, 0.5) is 0 Å². The van der Waals surface area contributed by atoms with Crippen molar-refractivity contribution in [1.29, 1.82) is 0 Å². The van der Waals surface area contributed by atoms with Gasteiger partial charge in [0.15, 0.2) is 0 Å². The van der Waals surface area contributed by atoms with Crippen molar-refractivity contribution in [1.82, 2.24) is 0 Å². The van der Waals surface area contributed by atoms with Gasteiger partial charge in [-0.3, -0.25) is 4.79 Å². The monoisotopic (exact) mass is 170 g/mol. The molecule has 0 saturated carbocycles. The highest BCUT2D eigenvalue weighted by molar-refractivity contribution is 5.66. The van der Waals surface area contributed by atoms with Crippen LogP contribution in [-0.4, -0.2) is 11.1 Å². The van der Waals surface area contributed by atoms with E-state index in [2.05, 4.69) is 19.9 Å². The van der Waals surface area contributed by atoms with Gasteiger partial charge in [0, 0.05) is 6.42 Å². The van der Waals surface area contributed by atoms with Crippen LogP contribution in [-0.2, 0) is 4.79 Å². The van der Waals surface area contributed by atoms with E-state index in [-0.39, 0.29) is 11.8 Å². The smallest absolute Gasteiger partial charge is 0.303 e. The molecule has 0 amide bonds. The van der Waals surface area contributed by atoms with Gasteiger partial charge in [-0.05, 0) is 25.2 Å². The molecule has 0 atom stereocenters. The molecule has 2 nitrogen and oxygen atoms in total. The molecule has 12 heavy (non-hydrogen) atoms. The van der Waals surface area contributed by atoms with Crippen molar-refractivity contribution < 1.29 is 9.90 Å². The summed E-state index contributed by atoms with van der Waals surface area (Å²) in [6.07, 6.45) is 6.05. The Morgan fingerprint density at radius 2 is 2.08 bits per heavy atom. The highest BCUT2D eigenvalue weighted by Crippen LogP contribution is 2.26. The third-order valence-corrected chi connectivity index (χ3v) is 1.92. The van der Waals surface area contributed by atoms with Crippen LogP contribution >= 0.6 is 0 Å². The van der Waals surface area contributed by atoms with E-state index in [1.165, 1.54) is 0 Å². The molecule has 0 unspecified atom stereocenters. The molecule has 0 spiro atoms. The first-order valence-electron chi connectivity index (χ1n) is 4.31. The number of carboxylic acid groups (broad SMARTS) is 1. The lowest BCUT2D eigenvalue weighted by atomic mass is 9.84. The van der Waals surface area contributed by atoms with Crippen molar-refractivity contribution in [2.45, 2.75) is 40.0 Å². The molecule has 0 aliphatic heterocycles. The zero-order valence-electron chi connectivity index (χ0n) is 8.13. The minimum Gasteiger partial charge on any atom is -0.481 e. The zero-order chi connectivity index (χ0) is 9.61. The van der Waals surface area contributed by atoms with Gasteiger partial charge in [0.05, 0.1) is 0 Å². The maximum Gasteiger partial charge on any atom is 0.303 e. The molecule has 0 aromatic carbocycles. The fourth-order valence-electron chi connectivity index (χ4n) is 0.984. The predicted molar refractivity (Wildman–Crippen MR) is 50.1 cm³/mol. The fourth-order valence-corrected chi connectivity index (χ4v) is 0.984. The summed E-state index contributed by atoms with van der Waals surface area (Å²) in [6.45, 7) is 6.17. The standard InChI is InChI=1S/C10H18O2/c1-4-5-7-10(2,3)8-6-9(11)12/h4-5H,6-8H2,1-3H3,(H,11,12)/b5-4+. The first kappa shape index (κ1) is 11.2. The topological polar surface area (TPSA) is 37.3 Å². The highest BCUT2D eigenvalue weighted by Gasteiger charge is 2.16. The largest absolute Gasteiger partial charge is 0.481 e. The Hall–Kier alpha value is -0.790. The summed E-state index contributed by atoms with van der Waals surface area (Å²) in [5, 5.41) is 8.48. The quantitative estimate of drug-likeness (QED) is 0.644. The Balaban J connectivity index is 3.78. The van der Waals surface area contributed by atoms with Gasteiger partial charge in [-0.2, -0.15) is 0 Å². The summed E-state index contributed by atoms with van der Waals surface area (Å²) in [7, 11) is 0. The van der Waals surface area contributed by atoms with Gasteiger partial charge in [0.1, 0.15) is 0 Å². The van der Waals surface area contributed by atoms with E-state index in [9.17, 15) is 4.79 Å². The van der Waals surface area contributed by atoms with Crippen molar-refractivity contribution in [2.75, 3.05) is 0 Å². The lowest BCUT2D eigenvalue weighted by Gasteiger charge is -2.21. The van der Waals surface area contributed by atoms with Crippen molar-refractivity contribution in [3.63, 3.8) is 0 Å². The Morgan fingerprint density at radius 1 is 1.50 bits per heavy atom. The van der Waals surface area contributed by atoms with Gasteiger partial charge in [0.2, 0.25) is 0 Å². The second-order valence-electron chi connectivity index (χ2n) is 3.83. The molecular weight excluding hydrogens is 152 g/mol. The molecular formula is C10H18O2. The van der Waals surface area contributed by atoms with Crippen LogP contribution in [0.3, 0.4) is 0 Å². The molecule has 0 rings (SSSR count). The summed E-state index contributed by atoms with van der Waals surface area (Å²) in [5.41, 5.74) is 0.116. The summed E-state index contributed by atoms with van der Waals surface area (Å²) in [5.74, 6) is -0.705. The molecule has 70 valence electrons. The average molecular weight is 170 g/mol. The SMILES string of the molecule is C/C=C/CC(C)(C)CCC(=O)O. The number of aliphatic carboxylic acids is 1. The number of carboxylic acids is 1. The molecule has 2 heteroatoms. The first-order chi connectivity index (χ1) is 5.48. The summed E-state index contributed by atoms with van der Waals surface area (Å²) < 4.78 is 0. The maximum atomic E-state index is 10.3. The van der Waals surface area contributed by atoms with Crippen LogP contribution in [0.1, 0.15) is 40.0 Å². The van der Waals surface area contributed by atoms with E-state index in [0.717, 1.165) is 12.8 Å². The van der Waals surface area contributed by atoms with Gasteiger partial charge >= 0.3 is 5.97 Å². The normalized spacial score (nSPS) is 12.2. The van der Waals surface area contributed by atoms with Crippen LogP contribution in [0.5, 0.6) is 0 Å². The Labute approximate surface area is 74.3 Å². The molecule has 0 aromatic heterocycles. The van der Waals surface area contributed by atoms with Crippen LogP contribution in [0, 0.1) is 5.41 Å². The van der Waals surface area contributed by atoms with E-state index in [1.807, 2.05) is 13.0 Å². The number of rotatable bonds is 5. The molecule has 1 N–H and O–H groups in total. The third-order valence-electron chi connectivity index (χ3n) is 1.92. The van der Waals surface area contributed by atoms with Crippen molar-refractivity contribution >= 4 is 5.97 Å². The number of hydrogen-bond acceptors (Lipinski definition) is 1. The molecule has 0 fully saturated rings. The first-order valence-corrected chi connectivity index (χ1v) is 4.31. The third kappa shape index (κ3) is 5.96. The van der Waals surface area contributed by atoms with Crippen LogP contribution in [0.2, 0.25) is 0 Å². The predicted octanol–water partition coefficient (Wildman–Crippen LogP) is 2.84. The minimum atomic E-state index is -0.705. The van der Waals surface area contributed by atoms with Crippen LogP contribution in [0.25, 0.3) is 0 Å². The molecule has 0 saturated heterocycles. The highest BCUT2D eigenvalue weighted by atomic mass is 16.4. The summed E-state index contributed by atoms with van der Waals surface area (Å²) >= 11 is 0. The Bertz CT molecular complexity index is 169.